The molecule has 1 saturated heterocycles. The first-order valence-corrected chi connectivity index (χ1v) is 8.49. The summed E-state index contributed by atoms with van der Waals surface area (Å²) in [7, 11) is 0. The van der Waals surface area contributed by atoms with Gasteiger partial charge >= 0.3 is 0 Å². The minimum absolute atomic E-state index is 0.668. The Morgan fingerprint density at radius 3 is 2.64 bits per heavy atom. The second-order valence-corrected chi connectivity index (χ2v) is 6.51. The molecule has 0 unspecified atom stereocenters. The Kier molecular flexibility index (Phi) is 3.79. The number of imidazole rings is 1. The van der Waals surface area contributed by atoms with E-state index in [4.69, 9.17) is 0 Å². The Hall–Kier alpha value is -1.91. The van der Waals surface area contributed by atoms with Gasteiger partial charge in [-0.1, -0.05) is 19.3 Å². The fraction of sp³-hybridized carbons (Fsp3) is 0.588. The monoisotopic (exact) mass is 297 g/mol. The quantitative estimate of drug-likeness (QED) is 0.854. The summed E-state index contributed by atoms with van der Waals surface area (Å²) in [5, 5.41) is 0. The van der Waals surface area contributed by atoms with Crippen molar-refractivity contribution in [2.45, 2.75) is 51.0 Å². The summed E-state index contributed by atoms with van der Waals surface area (Å²) in [5.41, 5.74) is 0. The second kappa shape index (κ2) is 6.07. The van der Waals surface area contributed by atoms with Gasteiger partial charge in [0, 0.05) is 31.0 Å². The van der Waals surface area contributed by atoms with Crippen molar-refractivity contribution in [2.24, 2.45) is 5.92 Å². The summed E-state index contributed by atoms with van der Waals surface area (Å²) in [6.07, 6.45) is 16.7. The smallest absolute Gasteiger partial charge is 0.143 e. The predicted octanol–water partition coefficient (Wildman–Crippen LogP) is 3.21. The van der Waals surface area contributed by atoms with E-state index in [1.54, 1.807) is 18.9 Å². The van der Waals surface area contributed by atoms with Gasteiger partial charge < -0.3 is 4.90 Å². The molecule has 0 aromatic carbocycles. The van der Waals surface area contributed by atoms with Gasteiger partial charge in [-0.25, -0.2) is 15.0 Å². The molecule has 1 aliphatic heterocycles. The summed E-state index contributed by atoms with van der Waals surface area (Å²) >= 11 is 0. The van der Waals surface area contributed by atoms with E-state index in [9.17, 15) is 0 Å². The van der Waals surface area contributed by atoms with Crippen molar-refractivity contribution in [1.29, 1.82) is 0 Å². The maximum Gasteiger partial charge on any atom is 0.143 e. The van der Waals surface area contributed by atoms with Gasteiger partial charge in [0.2, 0.25) is 0 Å². The van der Waals surface area contributed by atoms with Crippen LogP contribution in [0.2, 0.25) is 0 Å². The molecule has 0 spiro atoms. The van der Waals surface area contributed by atoms with Crippen molar-refractivity contribution < 1.29 is 0 Å². The van der Waals surface area contributed by atoms with E-state index >= 15 is 0 Å². The Bertz CT molecular complexity index is 609. The maximum absolute atomic E-state index is 4.59. The van der Waals surface area contributed by atoms with Crippen LogP contribution in [-0.2, 0) is 0 Å². The van der Waals surface area contributed by atoms with E-state index in [0.29, 0.717) is 6.04 Å². The Morgan fingerprint density at radius 2 is 1.77 bits per heavy atom. The third kappa shape index (κ3) is 2.60. The summed E-state index contributed by atoms with van der Waals surface area (Å²) in [6.45, 7) is 1.13. The molecular weight excluding hydrogens is 274 g/mol. The highest BCUT2D eigenvalue weighted by Crippen LogP contribution is 2.36. The molecule has 2 fully saturated rings. The third-order valence-corrected chi connectivity index (χ3v) is 5.19. The highest BCUT2D eigenvalue weighted by atomic mass is 15.2. The average molecular weight is 297 g/mol. The number of nitrogens with zero attached hydrogens (tertiary/aromatic N) is 5. The molecule has 22 heavy (non-hydrogen) atoms. The van der Waals surface area contributed by atoms with Crippen LogP contribution >= 0.6 is 0 Å². The molecule has 2 aromatic heterocycles. The van der Waals surface area contributed by atoms with Crippen molar-refractivity contribution in [1.82, 2.24) is 19.5 Å². The van der Waals surface area contributed by atoms with E-state index in [2.05, 4.69) is 25.9 Å². The predicted molar refractivity (Wildman–Crippen MR) is 86.1 cm³/mol. The van der Waals surface area contributed by atoms with Crippen molar-refractivity contribution in [3.05, 3.63) is 31.1 Å². The van der Waals surface area contributed by atoms with Gasteiger partial charge in [0.05, 0.1) is 0 Å². The van der Waals surface area contributed by atoms with Gasteiger partial charge in [0.25, 0.3) is 0 Å². The molecule has 116 valence electrons. The summed E-state index contributed by atoms with van der Waals surface area (Å²) in [5.74, 6) is 2.83. The number of hydrogen-bond donors (Lipinski definition) is 0. The van der Waals surface area contributed by atoms with E-state index in [-0.39, 0.29) is 0 Å². The molecule has 1 aliphatic carbocycles. The minimum Gasteiger partial charge on any atom is -0.353 e. The lowest BCUT2D eigenvalue weighted by molar-refractivity contribution is 0.290. The van der Waals surface area contributed by atoms with Crippen LogP contribution < -0.4 is 4.90 Å². The molecule has 1 saturated carbocycles. The summed E-state index contributed by atoms with van der Waals surface area (Å²) in [4.78, 5) is 15.6. The lowest BCUT2D eigenvalue weighted by atomic mass is 9.81. The van der Waals surface area contributed by atoms with Crippen molar-refractivity contribution >= 4 is 5.82 Å². The number of hydrogen-bond acceptors (Lipinski definition) is 4. The third-order valence-electron chi connectivity index (χ3n) is 5.19. The normalized spacial score (nSPS) is 25.5. The highest BCUT2D eigenvalue weighted by molar-refractivity contribution is 5.45. The Morgan fingerprint density at radius 1 is 0.955 bits per heavy atom. The first-order valence-electron chi connectivity index (χ1n) is 8.49. The SMILES string of the molecule is c1cn(-c2cc(N3CCCC[C@H]4CCCC[C@H]43)ncn2)cn1. The molecule has 3 heterocycles. The number of anilines is 1. The molecule has 0 radical (unpaired) electrons. The van der Waals surface area contributed by atoms with E-state index in [0.717, 1.165) is 24.1 Å². The first kappa shape index (κ1) is 13.7. The Balaban J connectivity index is 1.66. The van der Waals surface area contributed by atoms with Gasteiger partial charge in [0.15, 0.2) is 0 Å². The van der Waals surface area contributed by atoms with Crippen LogP contribution in [-0.4, -0.2) is 32.1 Å². The van der Waals surface area contributed by atoms with E-state index in [1.807, 2.05) is 10.8 Å². The Labute approximate surface area is 131 Å². The highest BCUT2D eigenvalue weighted by Gasteiger charge is 2.32. The van der Waals surface area contributed by atoms with E-state index < -0.39 is 0 Å². The zero-order valence-electron chi connectivity index (χ0n) is 12.9. The van der Waals surface area contributed by atoms with Gasteiger partial charge in [-0.3, -0.25) is 4.57 Å². The fourth-order valence-electron chi connectivity index (χ4n) is 4.10. The molecule has 0 N–H and O–H groups in total. The van der Waals surface area contributed by atoms with Crippen LogP contribution in [0.3, 0.4) is 0 Å². The fourth-order valence-corrected chi connectivity index (χ4v) is 4.10. The van der Waals surface area contributed by atoms with Gasteiger partial charge in [0.1, 0.15) is 24.3 Å². The van der Waals surface area contributed by atoms with Crippen molar-refractivity contribution in [3.8, 4) is 5.82 Å². The summed E-state index contributed by atoms with van der Waals surface area (Å²) in [6, 6.07) is 2.78. The molecule has 5 heteroatoms. The van der Waals surface area contributed by atoms with Crippen molar-refractivity contribution in [2.75, 3.05) is 11.4 Å². The molecule has 2 aliphatic rings. The number of rotatable bonds is 2. The minimum atomic E-state index is 0.668. The molecular formula is C17H23N5. The van der Waals surface area contributed by atoms with Crippen LogP contribution in [0.4, 0.5) is 5.82 Å². The van der Waals surface area contributed by atoms with Crippen LogP contribution in [0.15, 0.2) is 31.1 Å². The van der Waals surface area contributed by atoms with Crippen LogP contribution in [0.25, 0.3) is 5.82 Å². The average Bonchev–Trinajstić information content (AvgIpc) is 3.02. The van der Waals surface area contributed by atoms with Crippen LogP contribution in [0, 0.1) is 5.92 Å². The summed E-state index contributed by atoms with van der Waals surface area (Å²) < 4.78 is 1.95. The number of aromatic nitrogens is 4. The van der Waals surface area contributed by atoms with Crippen molar-refractivity contribution in [3.63, 3.8) is 0 Å². The molecule has 2 aromatic rings. The van der Waals surface area contributed by atoms with Gasteiger partial charge in [-0.15, -0.1) is 0 Å². The number of fused-ring (bicyclic) bond motifs is 1. The van der Waals surface area contributed by atoms with E-state index in [1.165, 1.54) is 44.9 Å². The molecule has 2 atom stereocenters. The zero-order valence-corrected chi connectivity index (χ0v) is 12.9. The maximum atomic E-state index is 4.59. The lowest BCUT2D eigenvalue weighted by Crippen LogP contribution is -2.42. The van der Waals surface area contributed by atoms with Crippen LogP contribution in [0.5, 0.6) is 0 Å². The second-order valence-electron chi connectivity index (χ2n) is 6.51. The molecule has 0 bridgehead atoms. The van der Waals surface area contributed by atoms with Gasteiger partial charge in [-0.2, -0.15) is 0 Å². The van der Waals surface area contributed by atoms with Crippen LogP contribution in [0.1, 0.15) is 44.9 Å². The first-order chi connectivity index (χ1) is 10.9. The largest absolute Gasteiger partial charge is 0.353 e. The molecule has 5 nitrogen and oxygen atoms in total. The zero-order chi connectivity index (χ0) is 14.8. The topological polar surface area (TPSA) is 46.8 Å². The van der Waals surface area contributed by atoms with Gasteiger partial charge in [-0.05, 0) is 31.6 Å². The lowest BCUT2D eigenvalue weighted by Gasteiger charge is -2.39. The molecule has 4 rings (SSSR count). The standard InChI is InChI=1S/C17H23N5/c1-2-7-15-14(5-1)6-3-4-9-22(15)17-11-16(19-12-20-17)21-10-8-18-13-21/h8,10-15H,1-7,9H2/t14-,15-/m1/s1. The molecule has 0 amide bonds.